The third-order valence-corrected chi connectivity index (χ3v) is 3.83. The average molecular weight is 338 g/mol. The standard InChI is InChI=1S/C13H11IN2O/c1-16-12(7-6-11(14)13(16)17)10-4-2-9(8-15)3-5-10/h2-5,7,11H,6H2,1H3. The summed E-state index contributed by atoms with van der Waals surface area (Å²) < 4.78 is 0.0275. The molecule has 1 aromatic rings. The molecule has 3 nitrogen and oxygen atoms in total. The zero-order valence-corrected chi connectivity index (χ0v) is 11.5. The molecule has 0 fully saturated rings. The maximum absolute atomic E-state index is 11.9. The number of hydrogen-bond donors (Lipinski definition) is 0. The Kier molecular flexibility index (Phi) is 3.48. The molecule has 86 valence electrons. The van der Waals surface area contributed by atoms with Gasteiger partial charge in [0.1, 0.15) is 0 Å². The number of allylic oxidation sites excluding steroid dienone is 1. The van der Waals surface area contributed by atoms with Crippen molar-refractivity contribution in [3.8, 4) is 6.07 Å². The van der Waals surface area contributed by atoms with E-state index in [2.05, 4.69) is 34.7 Å². The summed E-state index contributed by atoms with van der Waals surface area (Å²) in [6.07, 6.45) is 2.83. The van der Waals surface area contributed by atoms with Crippen LogP contribution in [0.5, 0.6) is 0 Å². The fraction of sp³-hybridized carbons (Fsp3) is 0.231. The van der Waals surface area contributed by atoms with E-state index in [4.69, 9.17) is 5.26 Å². The maximum atomic E-state index is 11.9. The summed E-state index contributed by atoms with van der Waals surface area (Å²) in [5.41, 5.74) is 2.53. The zero-order chi connectivity index (χ0) is 12.4. The van der Waals surface area contributed by atoms with Crippen LogP contribution in [0.25, 0.3) is 5.70 Å². The van der Waals surface area contributed by atoms with Crippen LogP contribution in [0.4, 0.5) is 0 Å². The van der Waals surface area contributed by atoms with Gasteiger partial charge in [0.05, 0.1) is 15.6 Å². The summed E-state index contributed by atoms with van der Waals surface area (Å²) in [6, 6.07) is 9.37. The normalized spacial score (nSPS) is 19.8. The minimum atomic E-state index is 0.0275. The van der Waals surface area contributed by atoms with Crippen LogP contribution in [0.3, 0.4) is 0 Å². The van der Waals surface area contributed by atoms with Crippen LogP contribution < -0.4 is 0 Å². The molecule has 1 heterocycles. The van der Waals surface area contributed by atoms with Gasteiger partial charge in [0, 0.05) is 12.7 Å². The van der Waals surface area contributed by atoms with Crippen LogP contribution >= 0.6 is 22.6 Å². The van der Waals surface area contributed by atoms with E-state index in [9.17, 15) is 4.79 Å². The second-order valence-corrected chi connectivity index (χ2v) is 5.38. The molecule has 0 spiro atoms. The first kappa shape index (κ1) is 12.1. The lowest BCUT2D eigenvalue weighted by Crippen LogP contribution is -2.35. The Morgan fingerprint density at radius 1 is 1.41 bits per heavy atom. The topological polar surface area (TPSA) is 44.1 Å². The van der Waals surface area contributed by atoms with Gasteiger partial charge in [0.25, 0.3) is 0 Å². The highest BCUT2D eigenvalue weighted by Crippen LogP contribution is 2.27. The Bertz CT molecular complexity index is 513. The van der Waals surface area contributed by atoms with E-state index < -0.39 is 0 Å². The second-order valence-electron chi connectivity index (χ2n) is 3.88. The van der Waals surface area contributed by atoms with E-state index >= 15 is 0 Å². The third kappa shape index (κ3) is 2.34. The Hall–Kier alpha value is -1.35. The van der Waals surface area contributed by atoms with Crippen molar-refractivity contribution >= 4 is 34.2 Å². The van der Waals surface area contributed by atoms with E-state index in [1.54, 1.807) is 24.1 Å². The first-order valence-corrected chi connectivity index (χ1v) is 6.50. The van der Waals surface area contributed by atoms with Gasteiger partial charge in [-0.3, -0.25) is 4.79 Å². The molecule has 1 atom stereocenters. The molecule has 0 N–H and O–H groups in total. The average Bonchev–Trinajstić information content (AvgIpc) is 2.36. The Balaban J connectivity index is 2.34. The Morgan fingerprint density at radius 3 is 2.65 bits per heavy atom. The van der Waals surface area contributed by atoms with Gasteiger partial charge < -0.3 is 4.90 Å². The number of alkyl halides is 1. The Morgan fingerprint density at radius 2 is 2.06 bits per heavy atom. The summed E-state index contributed by atoms with van der Waals surface area (Å²) in [4.78, 5) is 13.5. The zero-order valence-electron chi connectivity index (χ0n) is 9.35. The molecule has 0 saturated carbocycles. The van der Waals surface area contributed by atoms with Gasteiger partial charge in [-0.2, -0.15) is 5.26 Å². The molecule has 0 aromatic heterocycles. The van der Waals surface area contributed by atoms with Crippen molar-refractivity contribution in [2.24, 2.45) is 0 Å². The van der Waals surface area contributed by atoms with E-state index in [-0.39, 0.29) is 9.83 Å². The number of nitriles is 1. The maximum Gasteiger partial charge on any atom is 0.240 e. The number of hydrogen-bond acceptors (Lipinski definition) is 2. The van der Waals surface area contributed by atoms with Gasteiger partial charge in [-0.1, -0.05) is 40.8 Å². The van der Waals surface area contributed by atoms with E-state index in [0.29, 0.717) is 5.56 Å². The van der Waals surface area contributed by atoms with Crippen LogP contribution in [0, 0.1) is 11.3 Å². The highest BCUT2D eigenvalue weighted by atomic mass is 127. The minimum Gasteiger partial charge on any atom is -0.314 e. The van der Waals surface area contributed by atoms with E-state index in [1.807, 2.05) is 12.1 Å². The van der Waals surface area contributed by atoms with Crippen LogP contribution in [-0.2, 0) is 4.79 Å². The predicted octanol–water partition coefficient (Wildman–Crippen LogP) is 2.56. The SMILES string of the molecule is CN1C(=O)C(I)CC=C1c1ccc(C#N)cc1. The Labute approximate surface area is 114 Å². The van der Waals surface area contributed by atoms with E-state index in [0.717, 1.165) is 17.7 Å². The van der Waals surface area contributed by atoms with Crippen molar-refractivity contribution in [2.75, 3.05) is 7.05 Å². The van der Waals surface area contributed by atoms with Crippen LogP contribution in [0.1, 0.15) is 17.5 Å². The number of amides is 1. The summed E-state index contributed by atoms with van der Waals surface area (Å²) in [6.45, 7) is 0. The van der Waals surface area contributed by atoms with Crippen LogP contribution in [0.15, 0.2) is 30.3 Å². The third-order valence-electron chi connectivity index (χ3n) is 2.79. The highest BCUT2D eigenvalue weighted by Gasteiger charge is 2.26. The molecule has 1 amide bonds. The highest BCUT2D eigenvalue weighted by molar-refractivity contribution is 14.1. The summed E-state index contributed by atoms with van der Waals surface area (Å²) in [7, 11) is 1.79. The van der Waals surface area contributed by atoms with Gasteiger partial charge in [-0.05, 0) is 24.1 Å². The fourth-order valence-corrected chi connectivity index (χ4v) is 2.48. The van der Waals surface area contributed by atoms with Gasteiger partial charge in [-0.15, -0.1) is 0 Å². The summed E-state index contributed by atoms with van der Waals surface area (Å²) >= 11 is 2.16. The van der Waals surface area contributed by atoms with Gasteiger partial charge in [-0.25, -0.2) is 0 Å². The minimum absolute atomic E-state index is 0.0275. The van der Waals surface area contributed by atoms with Gasteiger partial charge in [0.2, 0.25) is 5.91 Å². The van der Waals surface area contributed by atoms with Gasteiger partial charge in [0.15, 0.2) is 0 Å². The molecule has 1 aliphatic rings. The quantitative estimate of drug-likeness (QED) is 0.584. The molecule has 0 saturated heterocycles. The van der Waals surface area contributed by atoms with Crippen LogP contribution in [0.2, 0.25) is 0 Å². The second kappa shape index (κ2) is 4.88. The summed E-state index contributed by atoms with van der Waals surface area (Å²) in [5.74, 6) is 0.132. The number of halogens is 1. The van der Waals surface area contributed by atoms with Crippen molar-refractivity contribution in [2.45, 2.75) is 10.3 Å². The van der Waals surface area contributed by atoms with Crippen molar-refractivity contribution in [3.63, 3.8) is 0 Å². The molecule has 4 heteroatoms. The van der Waals surface area contributed by atoms with Crippen LogP contribution in [-0.4, -0.2) is 21.8 Å². The summed E-state index contributed by atoms with van der Waals surface area (Å²) in [5, 5.41) is 8.74. The van der Waals surface area contributed by atoms with Crippen molar-refractivity contribution in [1.82, 2.24) is 4.90 Å². The number of rotatable bonds is 1. The van der Waals surface area contributed by atoms with Crippen molar-refractivity contribution < 1.29 is 4.79 Å². The molecular weight excluding hydrogens is 327 g/mol. The largest absolute Gasteiger partial charge is 0.314 e. The number of benzene rings is 1. The molecule has 17 heavy (non-hydrogen) atoms. The smallest absolute Gasteiger partial charge is 0.240 e. The molecule has 1 aliphatic heterocycles. The number of carbonyl (C=O) groups excluding carboxylic acids is 1. The molecule has 1 unspecified atom stereocenters. The molecule has 2 rings (SSSR count). The van der Waals surface area contributed by atoms with E-state index in [1.165, 1.54) is 0 Å². The number of carbonyl (C=O) groups is 1. The molecule has 0 radical (unpaired) electrons. The van der Waals surface area contributed by atoms with Gasteiger partial charge >= 0.3 is 0 Å². The lowest BCUT2D eigenvalue weighted by molar-refractivity contribution is -0.126. The van der Waals surface area contributed by atoms with Crippen molar-refractivity contribution in [1.29, 1.82) is 5.26 Å². The fourth-order valence-electron chi connectivity index (χ4n) is 1.81. The monoisotopic (exact) mass is 338 g/mol. The first-order chi connectivity index (χ1) is 8.13. The molecule has 0 bridgehead atoms. The number of nitrogens with zero attached hydrogens (tertiary/aromatic N) is 2. The molecule has 1 aromatic carbocycles. The lowest BCUT2D eigenvalue weighted by atomic mass is 10.0. The van der Waals surface area contributed by atoms with Crippen molar-refractivity contribution in [3.05, 3.63) is 41.5 Å². The first-order valence-electron chi connectivity index (χ1n) is 5.26. The lowest BCUT2D eigenvalue weighted by Gasteiger charge is -2.27. The molecular formula is C13H11IN2O. The predicted molar refractivity (Wildman–Crippen MR) is 74.3 cm³/mol. The molecule has 0 aliphatic carbocycles.